The summed E-state index contributed by atoms with van der Waals surface area (Å²) in [7, 11) is 1.41. The predicted octanol–water partition coefficient (Wildman–Crippen LogP) is 3.73. The van der Waals surface area contributed by atoms with E-state index in [4.69, 9.17) is 4.74 Å². The molecule has 1 aromatic carbocycles. The number of nitrogens with zero attached hydrogens (tertiary/aromatic N) is 5. The average Bonchev–Trinajstić information content (AvgIpc) is 3.66. The zero-order valence-corrected chi connectivity index (χ0v) is 26.9. The number of aliphatic hydroxyl groups excluding tert-OH is 1. The maximum Gasteiger partial charge on any atom is 0.311 e. The minimum Gasteiger partial charge on any atom is -0.469 e. The van der Waals surface area contributed by atoms with Gasteiger partial charge in [-0.15, -0.1) is 16.4 Å². The minimum absolute atomic E-state index is 0.0634. The SMILES string of the molecule is COC(=O)C12CC(c3cn([C@H](C(=O)N4C[C@H](O)C[C@H]4C(=O)N[C@@H](C)c4ccc(-c5scnc5C)cc4)C(C)(C)C)nn3)(C1)C2. The number of β-amino-alcohol motifs (C(OH)–C–C–N with tert-alkyl or cyclic N) is 1. The molecule has 2 N–H and O–H groups in total. The number of nitrogens with one attached hydrogen (secondary N) is 1. The molecule has 44 heavy (non-hydrogen) atoms. The van der Waals surface area contributed by atoms with Crippen LogP contribution in [0.15, 0.2) is 36.0 Å². The van der Waals surface area contributed by atoms with Crippen molar-refractivity contribution >= 4 is 29.1 Å². The fourth-order valence-electron chi connectivity index (χ4n) is 7.38. The Morgan fingerprint density at radius 2 is 1.84 bits per heavy atom. The van der Waals surface area contributed by atoms with Crippen molar-refractivity contribution in [1.29, 1.82) is 0 Å². The molecule has 3 heterocycles. The van der Waals surface area contributed by atoms with Gasteiger partial charge in [-0.1, -0.05) is 50.3 Å². The van der Waals surface area contributed by atoms with Crippen molar-refractivity contribution in [1.82, 2.24) is 30.2 Å². The van der Waals surface area contributed by atoms with E-state index in [1.807, 2.05) is 70.6 Å². The maximum atomic E-state index is 14.2. The normalized spacial score (nSPS) is 27.2. The van der Waals surface area contributed by atoms with E-state index in [0.717, 1.165) is 27.4 Å². The van der Waals surface area contributed by atoms with E-state index in [-0.39, 0.29) is 42.2 Å². The summed E-state index contributed by atoms with van der Waals surface area (Å²) in [4.78, 5) is 46.9. The number of hydrogen-bond donors (Lipinski definition) is 2. The molecule has 0 spiro atoms. The van der Waals surface area contributed by atoms with Gasteiger partial charge in [0.05, 0.1) is 46.4 Å². The van der Waals surface area contributed by atoms with Crippen LogP contribution in [0.5, 0.6) is 0 Å². The molecule has 2 bridgehead atoms. The van der Waals surface area contributed by atoms with Crippen LogP contribution in [0, 0.1) is 17.8 Å². The number of benzene rings is 1. The first-order valence-electron chi connectivity index (χ1n) is 15.1. The summed E-state index contributed by atoms with van der Waals surface area (Å²) in [6.45, 7) is 9.80. The van der Waals surface area contributed by atoms with Crippen LogP contribution in [0.1, 0.15) is 82.4 Å². The van der Waals surface area contributed by atoms with Gasteiger partial charge in [0.1, 0.15) is 12.1 Å². The molecule has 3 aliphatic carbocycles. The third-order valence-electron chi connectivity index (χ3n) is 9.66. The summed E-state index contributed by atoms with van der Waals surface area (Å²) in [5.74, 6) is -0.770. The third kappa shape index (κ3) is 5.01. The molecule has 3 saturated carbocycles. The molecule has 12 heteroatoms. The molecule has 1 saturated heterocycles. The molecule has 7 rings (SSSR count). The van der Waals surface area contributed by atoms with Crippen molar-refractivity contribution < 1.29 is 24.2 Å². The highest BCUT2D eigenvalue weighted by atomic mass is 32.1. The molecule has 0 unspecified atom stereocenters. The van der Waals surface area contributed by atoms with E-state index in [9.17, 15) is 19.5 Å². The highest BCUT2D eigenvalue weighted by Crippen LogP contribution is 2.73. The Hall–Kier alpha value is -3.64. The van der Waals surface area contributed by atoms with Crippen molar-refractivity contribution in [3.8, 4) is 10.4 Å². The minimum atomic E-state index is -0.815. The first-order valence-corrected chi connectivity index (χ1v) is 15.9. The van der Waals surface area contributed by atoms with Crippen LogP contribution < -0.4 is 5.32 Å². The summed E-state index contributed by atoms with van der Waals surface area (Å²) in [5, 5.41) is 22.5. The van der Waals surface area contributed by atoms with Crippen molar-refractivity contribution in [2.45, 2.75) is 89.9 Å². The Morgan fingerprint density at radius 1 is 1.16 bits per heavy atom. The molecule has 11 nitrogen and oxygen atoms in total. The van der Waals surface area contributed by atoms with E-state index >= 15 is 0 Å². The number of carbonyl (C=O) groups is 3. The lowest BCUT2D eigenvalue weighted by atomic mass is 9.34. The van der Waals surface area contributed by atoms with Crippen molar-refractivity contribution in [2.75, 3.05) is 13.7 Å². The van der Waals surface area contributed by atoms with Crippen LogP contribution in [-0.4, -0.2) is 73.6 Å². The van der Waals surface area contributed by atoms with Crippen molar-refractivity contribution in [2.24, 2.45) is 10.8 Å². The molecule has 2 amide bonds. The predicted molar refractivity (Wildman–Crippen MR) is 163 cm³/mol. The van der Waals surface area contributed by atoms with Gasteiger partial charge in [-0.3, -0.25) is 14.4 Å². The summed E-state index contributed by atoms with van der Waals surface area (Å²) in [6.07, 6.45) is 3.18. The molecule has 3 aromatic rings. The second-order valence-electron chi connectivity index (χ2n) is 14.0. The Bertz CT molecular complexity index is 1570. The van der Waals surface area contributed by atoms with Gasteiger partial charge < -0.3 is 20.1 Å². The monoisotopic (exact) mass is 620 g/mol. The zero-order chi connectivity index (χ0) is 31.6. The van der Waals surface area contributed by atoms with Crippen LogP contribution in [0.3, 0.4) is 0 Å². The maximum absolute atomic E-state index is 14.2. The van der Waals surface area contributed by atoms with Crippen LogP contribution in [0.4, 0.5) is 0 Å². The van der Waals surface area contributed by atoms with Gasteiger partial charge in [-0.25, -0.2) is 9.67 Å². The fourth-order valence-corrected chi connectivity index (χ4v) is 8.19. The molecule has 4 aliphatic rings. The van der Waals surface area contributed by atoms with Gasteiger partial charge in [0.25, 0.3) is 0 Å². The van der Waals surface area contributed by atoms with Gasteiger partial charge in [-0.2, -0.15) is 0 Å². The van der Waals surface area contributed by atoms with E-state index in [0.29, 0.717) is 19.3 Å². The second-order valence-corrected chi connectivity index (χ2v) is 14.8. The smallest absolute Gasteiger partial charge is 0.311 e. The van der Waals surface area contributed by atoms with Gasteiger partial charge in [-0.05, 0) is 49.7 Å². The first kappa shape index (κ1) is 30.4. The summed E-state index contributed by atoms with van der Waals surface area (Å²) in [6, 6.07) is 6.17. The van der Waals surface area contributed by atoms with Gasteiger partial charge in [0.2, 0.25) is 11.8 Å². The Kier molecular flexibility index (Phi) is 7.43. The largest absolute Gasteiger partial charge is 0.469 e. The number of methoxy groups -OCH3 is 1. The molecular formula is C32H40N6O5S. The molecule has 4 fully saturated rings. The topological polar surface area (TPSA) is 140 Å². The number of thiazole rings is 1. The lowest BCUT2D eigenvalue weighted by Gasteiger charge is -2.67. The summed E-state index contributed by atoms with van der Waals surface area (Å²) in [5.41, 5.74) is 4.41. The molecule has 4 atom stereocenters. The molecule has 2 aromatic heterocycles. The number of amides is 2. The van der Waals surface area contributed by atoms with Gasteiger partial charge in [0.15, 0.2) is 0 Å². The van der Waals surface area contributed by atoms with Crippen molar-refractivity contribution in [3.05, 3.63) is 52.9 Å². The zero-order valence-electron chi connectivity index (χ0n) is 26.0. The van der Waals surface area contributed by atoms with E-state index in [1.54, 1.807) is 16.0 Å². The Balaban J connectivity index is 1.16. The average molecular weight is 621 g/mol. The van der Waals surface area contributed by atoms with E-state index in [1.165, 1.54) is 12.0 Å². The van der Waals surface area contributed by atoms with Crippen molar-refractivity contribution in [3.63, 3.8) is 0 Å². The first-order chi connectivity index (χ1) is 20.8. The standard InChI is InChI=1S/C32H40N6O5S/c1-18(20-7-9-21(10-8-20)25-19(2)33-17-44-25)34-27(40)23-11-22(39)12-37(23)28(41)26(30(3,4)5)38-13-24(35-36-38)31-14-32(15-31,16-31)29(42)43-6/h7-10,13,17-18,22-23,26,39H,11-12,14-16H2,1-6H3,(H,34,40)/t18-,22+,23-,26+,31?,32?/m0/s1. The van der Waals surface area contributed by atoms with Gasteiger partial charge in [0, 0.05) is 24.6 Å². The number of hydrogen-bond acceptors (Lipinski definition) is 9. The number of likely N-dealkylation sites (tertiary alicyclic amines) is 1. The number of rotatable bonds is 8. The fraction of sp³-hybridized carbons (Fsp3) is 0.562. The number of aliphatic hydroxyl groups is 1. The second kappa shape index (κ2) is 10.8. The number of ether oxygens (including phenoxy) is 1. The molecule has 0 radical (unpaired) electrons. The highest BCUT2D eigenvalue weighted by molar-refractivity contribution is 7.13. The quantitative estimate of drug-likeness (QED) is 0.363. The summed E-state index contributed by atoms with van der Waals surface area (Å²) >= 11 is 1.59. The molecular weight excluding hydrogens is 580 g/mol. The van der Waals surface area contributed by atoms with Crippen LogP contribution in [0.2, 0.25) is 0 Å². The summed E-state index contributed by atoms with van der Waals surface area (Å²) < 4.78 is 6.57. The lowest BCUT2D eigenvalue weighted by molar-refractivity contribution is -0.198. The number of aromatic nitrogens is 4. The number of carbonyl (C=O) groups excluding carboxylic acids is 3. The highest BCUT2D eigenvalue weighted by Gasteiger charge is 2.74. The lowest BCUT2D eigenvalue weighted by Crippen LogP contribution is -2.68. The molecule has 1 aliphatic heterocycles. The molecule has 234 valence electrons. The Morgan fingerprint density at radius 3 is 2.43 bits per heavy atom. The van der Waals surface area contributed by atoms with Crippen LogP contribution in [-0.2, 0) is 24.5 Å². The number of esters is 1. The Labute approximate surface area is 261 Å². The van der Waals surface area contributed by atoms with E-state index in [2.05, 4.69) is 20.6 Å². The van der Waals surface area contributed by atoms with Crippen LogP contribution >= 0.6 is 11.3 Å². The van der Waals surface area contributed by atoms with Crippen LogP contribution in [0.25, 0.3) is 10.4 Å². The third-order valence-corrected chi connectivity index (χ3v) is 10.6. The van der Waals surface area contributed by atoms with Gasteiger partial charge >= 0.3 is 5.97 Å². The van der Waals surface area contributed by atoms with E-state index < -0.39 is 29.0 Å². The number of aryl methyl sites for hydroxylation is 1.